The van der Waals surface area contributed by atoms with E-state index >= 15 is 0 Å². The number of methoxy groups -OCH3 is 1. The van der Waals surface area contributed by atoms with E-state index in [2.05, 4.69) is 13.0 Å². The molecule has 0 N–H and O–H groups in total. The Labute approximate surface area is 134 Å². The molecule has 0 amide bonds. The molecular formula is C17H16Cl2O2. The summed E-state index contributed by atoms with van der Waals surface area (Å²) in [7, 11) is 1.62. The summed E-state index contributed by atoms with van der Waals surface area (Å²) in [6.45, 7) is 2.07. The van der Waals surface area contributed by atoms with Crippen LogP contribution in [0.15, 0.2) is 36.4 Å². The molecule has 1 heterocycles. The molecule has 1 aliphatic heterocycles. The molecule has 0 radical (unpaired) electrons. The van der Waals surface area contributed by atoms with Gasteiger partial charge in [-0.05, 0) is 36.2 Å². The molecule has 0 aliphatic carbocycles. The molecule has 110 valence electrons. The Balaban J connectivity index is 1.96. The van der Waals surface area contributed by atoms with Crippen molar-refractivity contribution in [3.63, 3.8) is 0 Å². The monoisotopic (exact) mass is 322 g/mol. The van der Waals surface area contributed by atoms with Gasteiger partial charge in [-0.25, -0.2) is 0 Å². The fraction of sp³-hybridized carbons (Fsp3) is 0.294. The summed E-state index contributed by atoms with van der Waals surface area (Å²) in [6, 6.07) is 11.6. The van der Waals surface area contributed by atoms with Crippen molar-refractivity contribution in [1.29, 1.82) is 0 Å². The van der Waals surface area contributed by atoms with Gasteiger partial charge < -0.3 is 9.47 Å². The van der Waals surface area contributed by atoms with Crippen LogP contribution in [-0.2, 0) is 6.42 Å². The Morgan fingerprint density at radius 2 is 2.05 bits per heavy atom. The third kappa shape index (κ3) is 2.83. The largest absolute Gasteiger partial charge is 0.496 e. The highest BCUT2D eigenvalue weighted by Gasteiger charge is 2.22. The fourth-order valence-corrected chi connectivity index (χ4v) is 3.15. The Bertz CT molecular complexity index is 670. The van der Waals surface area contributed by atoms with Crippen LogP contribution in [-0.4, -0.2) is 13.2 Å². The minimum Gasteiger partial charge on any atom is -0.496 e. The van der Waals surface area contributed by atoms with Gasteiger partial charge in [0.2, 0.25) is 0 Å². The van der Waals surface area contributed by atoms with Gasteiger partial charge in [-0.15, -0.1) is 11.6 Å². The second kappa shape index (κ2) is 5.78. The Hall–Kier alpha value is -1.38. The third-order valence-corrected chi connectivity index (χ3v) is 4.40. The number of ether oxygens (including phenoxy) is 2. The van der Waals surface area contributed by atoms with E-state index in [1.165, 1.54) is 5.56 Å². The highest BCUT2D eigenvalue weighted by molar-refractivity contribution is 6.30. The number of fused-ring (bicyclic) bond motifs is 1. The van der Waals surface area contributed by atoms with Crippen molar-refractivity contribution in [2.75, 3.05) is 7.11 Å². The first-order valence-corrected chi connectivity index (χ1v) is 7.67. The predicted octanol–water partition coefficient (Wildman–Crippen LogP) is 5.00. The van der Waals surface area contributed by atoms with E-state index in [0.717, 1.165) is 23.3 Å². The second-order valence-corrected chi connectivity index (χ2v) is 6.12. The standard InChI is InChI=1S/C17H16Cl2O2/c1-10-7-12-8-11(3-6-15(12)21-10)17(19)14-5-4-13(18)9-16(14)20-2/h3-6,8-10,17H,7H2,1-2H3. The van der Waals surface area contributed by atoms with Crippen LogP contribution in [0.2, 0.25) is 5.02 Å². The van der Waals surface area contributed by atoms with E-state index in [1.54, 1.807) is 13.2 Å². The fourth-order valence-electron chi connectivity index (χ4n) is 2.67. The van der Waals surface area contributed by atoms with Gasteiger partial charge in [0, 0.05) is 17.0 Å². The minimum atomic E-state index is -0.279. The molecule has 0 saturated heterocycles. The lowest BCUT2D eigenvalue weighted by Gasteiger charge is -2.15. The van der Waals surface area contributed by atoms with Crippen molar-refractivity contribution in [2.24, 2.45) is 0 Å². The van der Waals surface area contributed by atoms with E-state index in [0.29, 0.717) is 10.8 Å². The summed E-state index contributed by atoms with van der Waals surface area (Å²) < 4.78 is 11.1. The molecule has 2 unspecified atom stereocenters. The predicted molar refractivity (Wildman–Crippen MR) is 85.9 cm³/mol. The van der Waals surface area contributed by atoms with Crippen LogP contribution in [0.1, 0.15) is 29.0 Å². The van der Waals surface area contributed by atoms with Gasteiger partial charge in [-0.3, -0.25) is 0 Å². The van der Waals surface area contributed by atoms with Crippen molar-refractivity contribution in [1.82, 2.24) is 0 Å². The molecule has 3 rings (SSSR count). The van der Waals surface area contributed by atoms with Crippen molar-refractivity contribution in [2.45, 2.75) is 24.8 Å². The minimum absolute atomic E-state index is 0.231. The number of halogens is 2. The molecule has 0 spiro atoms. The molecule has 0 bridgehead atoms. The van der Waals surface area contributed by atoms with Crippen LogP contribution >= 0.6 is 23.2 Å². The molecule has 2 aromatic carbocycles. The van der Waals surface area contributed by atoms with E-state index in [1.807, 2.05) is 24.3 Å². The van der Waals surface area contributed by atoms with E-state index in [-0.39, 0.29) is 11.5 Å². The molecule has 2 aromatic rings. The summed E-state index contributed by atoms with van der Waals surface area (Å²) >= 11 is 12.6. The van der Waals surface area contributed by atoms with Crippen LogP contribution in [0.3, 0.4) is 0 Å². The summed E-state index contributed by atoms with van der Waals surface area (Å²) in [4.78, 5) is 0. The Morgan fingerprint density at radius 3 is 2.81 bits per heavy atom. The summed E-state index contributed by atoms with van der Waals surface area (Å²) in [5.41, 5.74) is 3.16. The summed E-state index contributed by atoms with van der Waals surface area (Å²) in [5, 5.41) is 0.356. The van der Waals surface area contributed by atoms with Crippen LogP contribution in [0, 0.1) is 0 Å². The molecule has 0 aromatic heterocycles. The Morgan fingerprint density at radius 1 is 1.24 bits per heavy atom. The maximum absolute atomic E-state index is 6.64. The van der Waals surface area contributed by atoms with E-state index in [9.17, 15) is 0 Å². The molecular weight excluding hydrogens is 307 g/mol. The van der Waals surface area contributed by atoms with Crippen LogP contribution < -0.4 is 9.47 Å². The van der Waals surface area contributed by atoms with Gasteiger partial charge in [-0.1, -0.05) is 29.8 Å². The SMILES string of the molecule is COc1cc(Cl)ccc1C(Cl)c1ccc2c(c1)CC(C)O2. The van der Waals surface area contributed by atoms with Crippen LogP contribution in [0.25, 0.3) is 0 Å². The average Bonchev–Trinajstić information content (AvgIpc) is 2.85. The van der Waals surface area contributed by atoms with Crippen molar-refractivity contribution < 1.29 is 9.47 Å². The molecule has 0 saturated carbocycles. The summed E-state index contributed by atoms with van der Waals surface area (Å²) in [5.74, 6) is 1.66. The number of hydrogen-bond acceptors (Lipinski definition) is 2. The second-order valence-electron chi connectivity index (χ2n) is 5.25. The maximum Gasteiger partial charge on any atom is 0.125 e. The van der Waals surface area contributed by atoms with Crippen molar-refractivity contribution >= 4 is 23.2 Å². The lowest BCUT2D eigenvalue weighted by Crippen LogP contribution is -2.05. The van der Waals surface area contributed by atoms with Gasteiger partial charge in [0.15, 0.2) is 0 Å². The summed E-state index contributed by atoms with van der Waals surface area (Å²) in [6.07, 6.45) is 1.15. The molecule has 21 heavy (non-hydrogen) atoms. The maximum atomic E-state index is 6.64. The zero-order chi connectivity index (χ0) is 15.0. The normalized spacial score (nSPS) is 18.0. The zero-order valence-corrected chi connectivity index (χ0v) is 13.4. The van der Waals surface area contributed by atoms with Gasteiger partial charge in [-0.2, -0.15) is 0 Å². The first-order valence-electron chi connectivity index (χ1n) is 6.85. The Kier molecular flexibility index (Phi) is 4.01. The molecule has 0 fully saturated rings. The van der Waals surface area contributed by atoms with Gasteiger partial charge >= 0.3 is 0 Å². The smallest absolute Gasteiger partial charge is 0.125 e. The highest BCUT2D eigenvalue weighted by atomic mass is 35.5. The molecule has 1 aliphatic rings. The number of benzene rings is 2. The lowest BCUT2D eigenvalue weighted by molar-refractivity contribution is 0.254. The first kappa shape index (κ1) is 14.6. The first-order chi connectivity index (χ1) is 10.1. The molecule has 2 nitrogen and oxygen atoms in total. The zero-order valence-electron chi connectivity index (χ0n) is 11.9. The number of alkyl halides is 1. The lowest BCUT2D eigenvalue weighted by atomic mass is 10.00. The van der Waals surface area contributed by atoms with Crippen LogP contribution in [0.5, 0.6) is 11.5 Å². The van der Waals surface area contributed by atoms with Crippen molar-refractivity contribution in [3.05, 3.63) is 58.1 Å². The molecule has 2 atom stereocenters. The molecule has 4 heteroatoms. The average molecular weight is 323 g/mol. The van der Waals surface area contributed by atoms with Gasteiger partial charge in [0.25, 0.3) is 0 Å². The number of hydrogen-bond donors (Lipinski definition) is 0. The third-order valence-electron chi connectivity index (χ3n) is 3.68. The highest BCUT2D eigenvalue weighted by Crippen LogP contribution is 2.39. The van der Waals surface area contributed by atoms with Gasteiger partial charge in [0.1, 0.15) is 17.6 Å². The van der Waals surface area contributed by atoms with Crippen LogP contribution in [0.4, 0.5) is 0 Å². The number of rotatable bonds is 3. The van der Waals surface area contributed by atoms with Gasteiger partial charge in [0.05, 0.1) is 12.5 Å². The van der Waals surface area contributed by atoms with E-state index < -0.39 is 0 Å². The van der Waals surface area contributed by atoms with Crippen molar-refractivity contribution in [3.8, 4) is 11.5 Å². The quantitative estimate of drug-likeness (QED) is 0.740. The van der Waals surface area contributed by atoms with E-state index in [4.69, 9.17) is 32.7 Å². The topological polar surface area (TPSA) is 18.5 Å².